The van der Waals surface area contributed by atoms with Crippen LogP contribution in [-0.4, -0.2) is 32.8 Å². The van der Waals surface area contributed by atoms with Gasteiger partial charge in [-0.15, -0.1) is 0 Å². The molecule has 1 amide bonds. The molecular weight excluding hydrogens is 425 g/mol. The summed E-state index contributed by atoms with van der Waals surface area (Å²) in [5.74, 6) is -0.160. The van der Waals surface area contributed by atoms with Crippen molar-refractivity contribution >= 4 is 11.6 Å². The average molecular weight is 447 g/mol. The van der Waals surface area contributed by atoms with Gasteiger partial charge < -0.3 is 14.8 Å². The van der Waals surface area contributed by atoms with Gasteiger partial charge in [-0.2, -0.15) is 15.1 Å². The second-order valence-electron chi connectivity index (χ2n) is 7.31. The van der Waals surface area contributed by atoms with Gasteiger partial charge in [-0.1, -0.05) is 24.3 Å². The lowest BCUT2D eigenvalue weighted by atomic mass is 10.1. The zero-order chi connectivity index (χ0) is 23.5. The van der Waals surface area contributed by atoms with E-state index >= 15 is 0 Å². The van der Waals surface area contributed by atoms with Crippen LogP contribution in [0.2, 0.25) is 0 Å². The Morgan fingerprint density at radius 3 is 2.45 bits per heavy atom. The number of para-hydroxylation sites is 1. The summed E-state index contributed by atoms with van der Waals surface area (Å²) in [7, 11) is 3.29. The van der Waals surface area contributed by atoms with Crippen molar-refractivity contribution in [2.75, 3.05) is 12.4 Å². The van der Waals surface area contributed by atoms with E-state index in [4.69, 9.17) is 9.47 Å². The fourth-order valence-electron chi connectivity index (χ4n) is 3.32. The first-order chi connectivity index (χ1) is 15.9. The van der Waals surface area contributed by atoms with Crippen LogP contribution in [0.5, 0.6) is 17.5 Å². The Balaban J connectivity index is 1.56. The number of aryl methyl sites for hydroxylation is 3. The molecule has 8 nitrogen and oxygen atoms in total. The van der Waals surface area contributed by atoms with Crippen molar-refractivity contribution in [2.24, 2.45) is 7.05 Å². The van der Waals surface area contributed by atoms with Gasteiger partial charge in [0.1, 0.15) is 11.4 Å². The maximum absolute atomic E-state index is 13.9. The number of ether oxygens (including phenoxy) is 2. The molecule has 4 aromatic rings. The van der Waals surface area contributed by atoms with E-state index in [1.165, 1.54) is 16.8 Å². The highest BCUT2D eigenvalue weighted by molar-refractivity contribution is 6.04. The second kappa shape index (κ2) is 9.07. The number of rotatable bonds is 6. The summed E-state index contributed by atoms with van der Waals surface area (Å²) in [5.41, 5.74) is 3.24. The average Bonchev–Trinajstić information content (AvgIpc) is 3.19. The van der Waals surface area contributed by atoms with Gasteiger partial charge in [0.05, 0.1) is 29.9 Å². The molecule has 0 fully saturated rings. The van der Waals surface area contributed by atoms with Gasteiger partial charge in [-0.05, 0) is 44.2 Å². The summed E-state index contributed by atoms with van der Waals surface area (Å²) in [6.07, 6.45) is 0. The number of amides is 1. The first-order valence-corrected chi connectivity index (χ1v) is 10.1. The van der Waals surface area contributed by atoms with Crippen LogP contribution in [0.3, 0.4) is 0 Å². The van der Waals surface area contributed by atoms with Crippen molar-refractivity contribution in [3.05, 3.63) is 77.5 Å². The summed E-state index contributed by atoms with van der Waals surface area (Å²) < 4.78 is 26.1. The molecule has 2 aromatic carbocycles. The molecule has 0 unspecified atom stereocenters. The van der Waals surface area contributed by atoms with E-state index in [0.29, 0.717) is 34.2 Å². The minimum atomic E-state index is -0.517. The number of methoxy groups -OCH3 is 1. The Bertz CT molecular complexity index is 1310. The maximum Gasteiger partial charge on any atom is 0.322 e. The van der Waals surface area contributed by atoms with Crippen LogP contribution in [0.15, 0.2) is 54.6 Å². The second-order valence-corrected chi connectivity index (χ2v) is 7.31. The van der Waals surface area contributed by atoms with E-state index < -0.39 is 5.82 Å². The summed E-state index contributed by atoms with van der Waals surface area (Å²) in [6.45, 7) is 3.42. The molecule has 2 aromatic heterocycles. The summed E-state index contributed by atoms with van der Waals surface area (Å²) in [5, 5.41) is 7.29. The molecule has 9 heteroatoms. The Labute approximate surface area is 190 Å². The van der Waals surface area contributed by atoms with Gasteiger partial charge in [-0.25, -0.2) is 4.39 Å². The third-order valence-electron chi connectivity index (χ3n) is 5.00. The molecule has 168 valence electrons. The molecule has 2 heterocycles. The molecule has 0 atom stereocenters. The van der Waals surface area contributed by atoms with E-state index in [-0.39, 0.29) is 17.7 Å². The predicted octanol–water partition coefficient (Wildman–Crippen LogP) is 4.69. The molecular formula is C24H22FN5O3. The molecule has 1 N–H and O–H groups in total. The number of halogens is 1. The SMILES string of the molecule is COc1cccc(-c2cc(C(=O)Nc3c(C)nc(Oc4ccccc4F)nc3C)n(C)n2)c1. The lowest BCUT2D eigenvalue weighted by Gasteiger charge is -2.12. The van der Waals surface area contributed by atoms with Gasteiger partial charge in [0, 0.05) is 12.6 Å². The zero-order valence-corrected chi connectivity index (χ0v) is 18.6. The van der Waals surface area contributed by atoms with Crippen molar-refractivity contribution in [3.63, 3.8) is 0 Å². The van der Waals surface area contributed by atoms with Crippen LogP contribution in [0.1, 0.15) is 21.9 Å². The van der Waals surface area contributed by atoms with Crippen molar-refractivity contribution in [2.45, 2.75) is 13.8 Å². The van der Waals surface area contributed by atoms with Crippen LogP contribution in [-0.2, 0) is 7.05 Å². The number of anilines is 1. The molecule has 0 aliphatic rings. The zero-order valence-electron chi connectivity index (χ0n) is 18.6. The van der Waals surface area contributed by atoms with Crippen LogP contribution in [0, 0.1) is 19.7 Å². The summed E-state index contributed by atoms with van der Waals surface area (Å²) in [6, 6.07) is 15.1. The molecule has 33 heavy (non-hydrogen) atoms. The number of carbonyl (C=O) groups excluding carboxylic acids is 1. The Morgan fingerprint density at radius 1 is 1.03 bits per heavy atom. The lowest BCUT2D eigenvalue weighted by molar-refractivity contribution is 0.101. The van der Waals surface area contributed by atoms with Gasteiger partial charge in [-0.3, -0.25) is 9.48 Å². The Morgan fingerprint density at radius 2 is 1.76 bits per heavy atom. The molecule has 0 bridgehead atoms. The van der Waals surface area contributed by atoms with E-state index in [1.54, 1.807) is 46.2 Å². The number of hydrogen-bond donors (Lipinski definition) is 1. The monoisotopic (exact) mass is 447 g/mol. The standard InChI is InChI=1S/C24H22FN5O3/c1-14-22(15(2)27-24(26-14)33-21-11-6-5-10-18(21)25)28-23(31)20-13-19(29-30(20)3)16-8-7-9-17(12-16)32-4/h5-13H,1-4H3,(H,28,31). The van der Waals surface area contributed by atoms with E-state index in [9.17, 15) is 9.18 Å². The van der Waals surface area contributed by atoms with Crippen LogP contribution >= 0.6 is 0 Å². The van der Waals surface area contributed by atoms with E-state index in [1.807, 2.05) is 24.3 Å². The lowest BCUT2D eigenvalue weighted by Crippen LogP contribution is -2.18. The van der Waals surface area contributed by atoms with Gasteiger partial charge in [0.25, 0.3) is 5.91 Å². The maximum atomic E-state index is 13.9. The highest BCUT2D eigenvalue weighted by atomic mass is 19.1. The molecule has 0 spiro atoms. The minimum absolute atomic E-state index is 0.00561. The summed E-state index contributed by atoms with van der Waals surface area (Å²) in [4.78, 5) is 21.5. The number of hydrogen-bond acceptors (Lipinski definition) is 6. The molecule has 0 saturated heterocycles. The first-order valence-electron chi connectivity index (χ1n) is 10.1. The number of aromatic nitrogens is 4. The fraction of sp³-hybridized carbons (Fsp3) is 0.167. The first kappa shape index (κ1) is 21.9. The largest absolute Gasteiger partial charge is 0.497 e. The van der Waals surface area contributed by atoms with E-state index in [0.717, 1.165) is 5.56 Å². The Kier molecular flexibility index (Phi) is 6.03. The van der Waals surface area contributed by atoms with Gasteiger partial charge in [0.15, 0.2) is 11.6 Å². The molecule has 0 aliphatic carbocycles. The van der Waals surface area contributed by atoms with Crippen molar-refractivity contribution in [1.29, 1.82) is 0 Å². The quantitative estimate of drug-likeness (QED) is 0.461. The smallest absolute Gasteiger partial charge is 0.322 e. The van der Waals surface area contributed by atoms with Gasteiger partial charge in [0.2, 0.25) is 0 Å². The van der Waals surface area contributed by atoms with E-state index in [2.05, 4.69) is 20.4 Å². The minimum Gasteiger partial charge on any atom is -0.497 e. The number of nitrogens with zero attached hydrogens (tertiary/aromatic N) is 4. The summed E-state index contributed by atoms with van der Waals surface area (Å²) >= 11 is 0. The highest BCUT2D eigenvalue weighted by Gasteiger charge is 2.19. The fourth-order valence-corrected chi connectivity index (χ4v) is 3.32. The van der Waals surface area contributed by atoms with Gasteiger partial charge >= 0.3 is 6.01 Å². The molecule has 4 rings (SSSR count). The Hall–Kier alpha value is -4.27. The number of carbonyl (C=O) groups is 1. The van der Waals surface area contributed by atoms with Crippen molar-refractivity contribution < 1.29 is 18.7 Å². The number of nitrogens with one attached hydrogen (secondary N) is 1. The van der Waals surface area contributed by atoms with Crippen molar-refractivity contribution in [3.8, 4) is 28.8 Å². The molecule has 0 radical (unpaired) electrons. The topological polar surface area (TPSA) is 91.2 Å². The molecule has 0 aliphatic heterocycles. The van der Waals surface area contributed by atoms with Crippen LogP contribution in [0.4, 0.5) is 10.1 Å². The molecule has 0 saturated carbocycles. The third kappa shape index (κ3) is 4.67. The predicted molar refractivity (Wildman–Crippen MR) is 121 cm³/mol. The van der Waals surface area contributed by atoms with Crippen molar-refractivity contribution in [1.82, 2.24) is 19.7 Å². The van der Waals surface area contributed by atoms with Crippen LogP contribution < -0.4 is 14.8 Å². The third-order valence-corrected chi connectivity index (χ3v) is 5.00. The number of benzene rings is 2. The normalized spacial score (nSPS) is 10.7. The highest BCUT2D eigenvalue weighted by Crippen LogP contribution is 2.27. The van der Waals surface area contributed by atoms with Crippen LogP contribution in [0.25, 0.3) is 11.3 Å².